The number of carbonyl (C=O) groups excluding carboxylic acids is 2. The van der Waals surface area contributed by atoms with Gasteiger partial charge in [0.15, 0.2) is 5.16 Å². The van der Waals surface area contributed by atoms with Crippen LogP contribution in [0, 0.1) is 6.92 Å². The van der Waals surface area contributed by atoms with Crippen molar-refractivity contribution in [1.29, 1.82) is 0 Å². The van der Waals surface area contributed by atoms with Gasteiger partial charge in [-0.2, -0.15) is 11.8 Å². The van der Waals surface area contributed by atoms with E-state index in [4.69, 9.17) is 0 Å². The molecule has 9 heteroatoms. The number of aromatic nitrogens is 3. The number of benzene rings is 2. The van der Waals surface area contributed by atoms with E-state index in [1.807, 2.05) is 52.4 Å². The molecule has 4 rings (SSSR count). The maximum atomic E-state index is 12.7. The summed E-state index contributed by atoms with van der Waals surface area (Å²) < 4.78 is 1.88. The molecule has 34 heavy (non-hydrogen) atoms. The molecule has 7 nitrogen and oxygen atoms in total. The maximum absolute atomic E-state index is 12.7. The number of rotatable bonds is 7. The van der Waals surface area contributed by atoms with E-state index in [9.17, 15) is 9.59 Å². The third-order valence-electron chi connectivity index (χ3n) is 5.73. The second-order valence-electron chi connectivity index (χ2n) is 8.50. The Hall–Kier alpha value is -2.78. The SMILES string of the molecule is Cc1cc(C(=O)N2CCSCC2)ccc1NC(=O)CSc1nncn1-c1ccc(C(C)C)cc1. The molecule has 1 N–H and O–H groups in total. The molecule has 2 heterocycles. The van der Waals surface area contributed by atoms with Gasteiger partial charge in [-0.05, 0) is 54.3 Å². The van der Waals surface area contributed by atoms with Crippen molar-refractivity contribution in [2.75, 3.05) is 35.7 Å². The summed E-state index contributed by atoms with van der Waals surface area (Å²) in [4.78, 5) is 27.3. The first-order valence-electron chi connectivity index (χ1n) is 11.3. The van der Waals surface area contributed by atoms with E-state index in [0.717, 1.165) is 35.8 Å². The van der Waals surface area contributed by atoms with Crippen LogP contribution in [0.3, 0.4) is 0 Å². The van der Waals surface area contributed by atoms with Gasteiger partial charge in [0.2, 0.25) is 5.91 Å². The van der Waals surface area contributed by atoms with Crippen LogP contribution in [-0.4, -0.2) is 61.8 Å². The van der Waals surface area contributed by atoms with Gasteiger partial charge < -0.3 is 10.2 Å². The van der Waals surface area contributed by atoms with Gasteiger partial charge >= 0.3 is 0 Å². The number of carbonyl (C=O) groups is 2. The second kappa shape index (κ2) is 11.1. The minimum Gasteiger partial charge on any atom is -0.337 e. The average molecular weight is 496 g/mol. The van der Waals surface area contributed by atoms with Crippen molar-refractivity contribution in [3.63, 3.8) is 0 Å². The Morgan fingerprint density at radius 2 is 1.85 bits per heavy atom. The Balaban J connectivity index is 1.36. The molecule has 0 bridgehead atoms. The first-order chi connectivity index (χ1) is 16.4. The highest BCUT2D eigenvalue weighted by atomic mass is 32.2. The van der Waals surface area contributed by atoms with E-state index in [-0.39, 0.29) is 17.6 Å². The predicted octanol–water partition coefficient (Wildman–Crippen LogP) is 4.62. The van der Waals surface area contributed by atoms with Crippen LogP contribution < -0.4 is 5.32 Å². The van der Waals surface area contributed by atoms with Crippen LogP contribution in [0.4, 0.5) is 5.69 Å². The fourth-order valence-corrected chi connectivity index (χ4v) is 5.35. The fourth-order valence-electron chi connectivity index (χ4n) is 3.72. The minimum atomic E-state index is -0.134. The summed E-state index contributed by atoms with van der Waals surface area (Å²) in [7, 11) is 0. The van der Waals surface area contributed by atoms with Crippen molar-refractivity contribution < 1.29 is 9.59 Å². The van der Waals surface area contributed by atoms with Crippen LogP contribution in [-0.2, 0) is 4.79 Å². The monoisotopic (exact) mass is 495 g/mol. The van der Waals surface area contributed by atoms with Crippen molar-refractivity contribution in [3.05, 3.63) is 65.5 Å². The summed E-state index contributed by atoms with van der Waals surface area (Å²) in [5, 5.41) is 11.8. The average Bonchev–Trinajstić information content (AvgIpc) is 3.33. The molecule has 1 aliphatic rings. The standard InChI is InChI=1S/C25H29N5O2S2/c1-17(2)19-4-7-21(8-5-19)30-16-26-28-25(30)34-15-23(31)27-22-9-6-20(14-18(22)3)24(32)29-10-12-33-13-11-29/h4-9,14,16-17H,10-13,15H2,1-3H3,(H,27,31). The molecule has 0 saturated carbocycles. The van der Waals surface area contributed by atoms with Crippen LogP contribution in [0.1, 0.15) is 41.3 Å². The Bertz CT molecular complexity index is 1150. The van der Waals surface area contributed by atoms with Crippen LogP contribution in [0.25, 0.3) is 5.69 Å². The molecule has 3 aromatic rings. The van der Waals surface area contributed by atoms with Gasteiger partial charge in [-0.1, -0.05) is 37.7 Å². The highest BCUT2D eigenvalue weighted by molar-refractivity contribution is 7.99. The molecule has 0 spiro atoms. The number of amides is 2. The number of nitrogens with one attached hydrogen (secondary N) is 1. The van der Waals surface area contributed by atoms with E-state index < -0.39 is 0 Å². The lowest BCUT2D eigenvalue weighted by atomic mass is 10.0. The molecule has 1 aromatic heterocycles. The smallest absolute Gasteiger partial charge is 0.253 e. The molecule has 0 atom stereocenters. The topological polar surface area (TPSA) is 80.1 Å². The fraction of sp³-hybridized carbons (Fsp3) is 0.360. The Labute approximate surface area is 208 Å². The zero-order valence-corrected chi connectivity index (χ0v) is 21.3. The van der Waals surface area contributed by atoms with Gasteiger partial charge in [0, 0.05) is 41.5 Å². The quantitative estimate of drug-likeness (QED) is 0.482. The normalized spacial score (nSPS) is 13.8. The van der Waals surface area contributed by atoms with Crippen LogP contribution in [0.5, 0.6) is 0 Å². The predicted molar refractivity (Wildman–Crippen MR) is 139 cm³/mol. The number of aryl methyl sites for hydroxylation is 1. The summed E-state index contributed by atoms with van der Waals surface area (Å²) in [6.45, 7) is 7.79. The molecular weight excluding hydrogens is 466 g/mol. The van der Waals surface area contributed by atoms with Crippen LogP contribution >= 0.6 is 23.5 Å². The van der Waals surface area contributed by atoms with Crippen LogP contribution in [0.15, 0.2) is 53.9 Å². The number of anilines is 1. The van der Waals surface area contributed by atoms with Gasteiger partial charge in [-0.25, -0.2) is 0 Å². The van der Waals surface area contributed by atoms with Gasteiger partial charge in [0.05, 0.1) is 5.75 Å². The zero-order valence-electron chi connectivity index (χ0n) is 19.7. The zero-order chi connectivity index (χ0) is 24.1. The van der Waals surface area contributed by atoms with Crippen molar-refractivity contribution in [3.8, 4) is 5.69 Å². The summed E-state index contributed by atoms with van der Waals surface area (Å²) >= 11 is 3.21. The Morgan fingerprint density at radius 3 is 2.53 bits per heavy atom. The molecule has 0 radical (unpaired) electrons. The lowest BCUT2D eigenvalue weighted by Gasteiger charge is -2.26. The molecule has 1 saturated heterocycles. The van der Waals surface area contributed by atoms with Gasteiger partial charge in [0.1, 0.15) is 6.33 Å². The van der Waals surface area contributed by atoms with Gasteiger partial charge in [-0.3, -0.25) is 14.2 Å². The first kappa shape index (κ1) is 24.3. The molecule has 2 amide bonds. The number of nitrogens with zero attached hydrogens (tertiary/aromatic N) is 4. The number of thioether (sulfide) groups is 2. The molecule has 0 aliphatic carbocycles. The first-order valence-corrected chi connectivity index (χ1v) is 13.5. The van der Waals surface area contributed by atoms with E-state index in [0.29, 0.717) is 22.3 Å². The maximum Gasteiger partial charge on any atom is 0.253 e. The van der Waals surface area contributed by atoms with Crippen molar-refractivity contribution in [2.24, 2.45) is 0 Å². The summed E-state index contributed by atoms with van der Waals surface area (Å²) in [6.07, 6.45) is 1.66. The molecular formula is C25H29N5O2S2. The number of hydrogen-bond donors (Lipinski definition) is 1. The van der Waals surface area contributed by atoms with E-state index >= 15 is 0 Å². The Morgan fingerprint density at radius 1 is 1.12 bits per heavy atom. The van der Waals surface area contributed by atoms with Crippen molar-refractivity contribution in [1.82, 2.24) is 19.7 Å². The van der Waals surface area contributed by atoms with E-state index in [1.54, 1.807) is 12.4 Å². The lowest BCUT2D eigenvalue weighted by molar-refractivity contribution is -0.113. The molecule has 178 valence electrons. The van der Waals surface area contributed by atoms with Crippen molar-refractivity contribution >= 4 is 41.0 Å². The largest absolute Gasteiger partial charge is 0.337 e. The highest BCUT2D eigenvalue weighted by Gasteiger charge is 2.19. The minimum absolute atomic E-state index is 0.0533. The molecule has 1 aliphatic heterocycles. The summed E-state index contributed by atoms with van der Waals surface area (Å²) in [5.74, 6) is 2.55. The molecule has 2 aromatic carbocycles. The van der Waals surface area contributed by atoms with Crippen molar-refractivity contribution in [2.45, 2.75) is 31.8 Å². The van der Waals surface area contributed by atoms with Crippen LogP contribution in [0.2, 0.25) is 0 Å². The number of hydrogen-bond acceptors (Lipinski definition) is 6. The van der Waals surface area contributed by atoms with Gasteiger partial charge in [-0.15, -0.1) is 10.2 Å². The lowest BCUT2D eigenvalue weighted by Crippen LogP contribution is -2.37. The second-order valence-corrected chi connectivity index (χ2v) is 10.7. The third-order valence-corrected chi connectivity index (χ3v) is 7.62. The summed E-state index contributed by atoms with van der Waals surface area (Å²) in [6, 6.07) is 13.7. The third kappa shape index (κ3) is 5.82. The summed E-state index contributed by atoms with van der Waals surface area (Å²) in [5.41, 5.74) is 4.46. The molecule has 0 unspecified atom stereocenters. The van der Waals surface area contributed by atoms with E-state index in [1.165, 1.54) is 17.3 Å². The highest BCUT2D eigenvalue weighted by Crippen LogP contribution is 2.23. The Kier molecular flexibility index (Phi) is 7.95. The molecule has 1 fully saturated rings. The van der Waals surface area contributed by atoms with Gasteiger partial charge in [0.25, 0.3) is 5.91 Å². The van der Waals surface area contributed by atoms with E-state index in [2.05, 4.69) is 41.5 Å².